The van der Waals surface area contributed by atoms with Gasteiger partial charge in [-0.2, -0.15) is 4.98 Å². The molecule has 1 aliphatic rings. The Bertz CT molecular complexity index is 698. The zero-order valence-electron chi connectivity index (χ0n) is 13.9. The van der Waals surface area contributed by atoms with Gasteiger partial charge in [0.15, 0.2) is 6.61 Å². The first kappa shape index (κ1) is 17.3. The van der Waals surface area contributed by atoms with Crippen LogP contribution < -0.4 is 10.1 Å². The zero-order valence-corrected chi connectivity index (χ0v) is 13.9. The fourth-order valence-electron chi connectivity index (χ4n) is 2.78. The molecule has 134 valence electrons. The molecule has 7 nitrogen and oxygen atoms in total. The van der Waals surface area contributed by atoms with Crippen molar-refractivity contribution in [3.63, 3.8) is 0 Å². The number of nitrogens with one attached hydrogen (secondary N) is 1. The molecule has 1 fully saturated rings. The maximum Gasteiger partial charge on any atom is 0.249 e. The summed E-state index contributed by atoms with van der Waals surface area (Å²) < 4.78 is 29.1. The predicted molar refractivity (Wildman–Crippen MR) is 85.1 cm³/mol. The molecule has 1 aromatic heterocycles. The molecular formula is C17H20FN3O4. The molecule has 0 unspecified atom stereocenters. The molecule has 2 heterocycles. The van der Waals surface area contributed by atoms with Gasteiger partial charge in [-0.25, -0.2) is 4.39 Å². The van der Waals surface area contributed by atoms with E-state index in [2.05, 4.69) is 15.5 Å². The Morgan fingerprint density at radius 3 is 2.76 bits per heavy atom. The average Bonchev–Trinajstić information content (AvgIpc) is 3.08. The van der Waals surface area contributed by atoms with Crippen LogP contribution in [0.2, 0.25) is 0 Å². The molecule has 1 aliphatic heterocycles. The van der Waals surface area contributed by atoms with E-state index in [0.717, 1.165) is 12.8 Å². The van der Waals surface area contributed by atoms with Crippen LogP contribution in [-0.4, -0.2) is 29.3 Å². The van der Waals surface area contributed by atoms with E-state index in [9.17, 15) is 9.18 Å². The van der Waals surface area contributed by atoms with Crippen LogP contribution in [0.3, 0.4) is 0 Å². The molecule has 25 heavy (non-hydrogen) atoms. The van der Waals surface area contributed by atoms with Crippen molar-refractivity contribution in [3.8, 4) is 5.75 Å². The molecule has 2 aromatic rings. The second-order valence-electron chi connectivity index (χ2n) is 5.92. The number of amides is 1. The molecule has 0 saturated carbocycles. The zero-order chi connectivity index (χ0) is 17.6. The number of hydrogen-bond acceptors (Lipinski definition) is 6. The summed E-state index contributed by atoms with van der Waals surface area (Å²) in [4.78, 5) is 15.9. The van der Waals surface area contributed by atoms with E-state index in [1.54, 1.807) is 0 Å². The van der Waals surface area contributed by atoms with Crippen molar-refractivity contribution in [1.29, 1.82) is 0 Å². The minimum atomic E-state index is -0.339. The standard InChI is InChI=1S/C17H20FN3O4/c1-11(22)19-16(12-6-8-23-9-7-12)17-20-15(21-25-17)10-24-14-4-2-13(18)3-5-14/h2-5,12,16H,6-10H2,1H3,(H,19,22)/t16-/m1/s1. The summed E-state index contributed by atoms with van der Waals surface area (Å²) in [6, 6.07) is 5.34. The smallest absolute Gasteiger partial charge is 0.249 e. The van der Waals surface area contributed by atoms with Crippen LogP contribution in [0.5, 0.6) is 5.75 Å². The van der Waals surface area contributed by atoms with Crippen LogP contribution in [0, 0.1) is 11.7 Å². The van der Waals surface area contributed by atoms with Gasteiger partial charge in [-0.3, -0.25) is 4.79 Å². The molecule has 3 rings (SSSR count). The van der Waals surface area contributed by atoms with Gasteiger partial charge in [0.1, 0.15) is 17.6 Å². The first-order chi connectivity index (χ1) is 12.1. The predicted octanol–water partition coefficient (Wildman–Crippen LogP) is 2.39. The molecular weight excluding hydrogens is 329 g/mol. The van der Waals surface area contributed by atoms with Crippen LogP contribution in [0.4, 0.5) is 4.39 Å². The van der Waals surface area contributed by atoms with Crippen LogP contribution in [-0.2, 0) is 16.1 Å². The van der Waals surface area contributed by atoms with Gasteiger partial charge < -0.3 is 19.3 Å². The van der Waals surface area contributed by atoms with Gasteiger partial charge in [-0.1, -0.05) is 5.16 Å². The van der Waals surface area contributed by atoms with Crippen LogP contribution in [0.1, 0.15) is 37.5 Å². The monoisotopic (exact) mass is 349 g/mol. The molecule has 1 aromatic carbocycles. The first-order valence-electron chi connectivity index (χ1n) is 8.17. The number of nitrogens with zero attached hydrogens (tertiary/aromatic N) is 2. The van der Waals surface area contributed by atoms with E-state index in [1.807, 2.05) is 0 Å². The van der Waals surface area contributed by atoms with Crippen molar-refractivity contribution < 1.29 is 23.2 Å². The summed E-state index contributed by atoms with van der Waals surface area (Å²) >= 11 is 0. The van der Waals surface area contributed by atoms with E-state index in [4.69, 9.17) is 14.0 Å². The number of carbonyl (C=O) groups is 1. The number of hydrogen-bond donors (Lipinski definition) is 1. The van der Waals surface area contributed by atoms with Crippen molar-refractivity contribution in [3.05, 3.63) is 41.8 Å². The van der Waals surface area contributed by atoms with E-state index in [-0.39, 0.29) is 30.3 Å². The van der Waals surface area contributed by atoms with Crippen molar-refractivity contribution in [1.82, 2.24) is 15.5 Å². The van der Waals surface area contributed by atoms with Gasteiger partial charge in [0.2, 0.25) is 17.6 Å². The fraction of sp³-hybridized carbons (Fsp3) is 0.471. The largest absolute Gasteiger partial charge is 0.485 e. The number of aromatic nitrogens is 2. The number of halogens is 1. The molecule has 0 radical (unpaired) electrons. The Morgan fingerprint density at radius 2 is 2.08 bits per heavy atom. The van der Waals surface area contributed by atoms with Crippen molar-refractivity contribution in [2.45, 2.75) is 32.4 Å². The third kappa shape index (κ3) is 4.76. The van der Waals surface area contributed by atoms with Gasteiger partial charge in [0, 0.05) is 20.1 Å². The van der Waals surface area contributed by atoms with E-state index < -0.39 is 0 Å². The number of ether oxygens (including phenoxy) is 2. The SMILES string of the molecule is CC(=O)N[C@@H](c1nc(COc2ccc(F)cc2)no1)C1CCOCC1. The molecule has 0 spiro atoms. The van der Waals surface area contributed by atoms with Gasteiger partial charge in [-0.05, 0) is 43.0 Å². The lowest BCUT2D eigenvalue weighted by atomic mass is 9.91. The Morgan fingerprint density at radius 1 is 1.36 bits per heavy atom. The Balaban J connectivity index is 1.66. The number of rotatable bonds is 6. The highest BCUT2D eigenvalue weighted by Crippen LogP contribution is 2.29. The summed E-state index contributed by atoms with van der Waals surface area (Å²) in [5.41, 5.74) is 0. The average molecular weight is 349 g/mol. The topological polar surface area (TPSA) is 86.5 Å². The van der Waals surface area contributed by atoms with Gasteiger partial charge in [0.05, 0.1) is 0 Å². The Labute approximate surface area is 144 Å². The molecule has 1 amide bonds. The third-order valence-corrected chi connectivity index (χ3v) is 4.03. The lowest BCUT2D eigenvalue weighted by Gasteiger charge is -2.28. The third-order valence-electron chi connectivity index (χ3n) is 4.03. The lowest BCUT2D eigenvalue weighted by Crippen LogP contribution is -2.35. The van der Waals surface area contributed by atoms with Crippen LogP contribution in [0.15, 0.2) is 28.8 Å². The molecule has 8 heteroatoms. The van der Waals surface area contributed by atoms with Crippen LogP contribution in [0.25, 0.3) is 0 Å². The van der Waals surface area contributed by atoms with Gasteiger partial charge in [-0.15, -0.1) is 0 Å². The van der Waals surface area contributed by atoms with Crippen molar-refractivity contribution >= 4 is 5.91 Å². The van der Waals surface area contributed by atoms with Crippen LogP contribution >= 0.6 is 0 Å². The first-order valence-corrected chi connectivity index (χ1v) is 8.17. The number of benzene rings is 1. The summed E-state index contributed by atoms with van der Waals surface area (Å²) in [5.74, 6) is 0.934. The molecule has 0 aliphatic carbocycles. The molecule has 0 bridgehead atoms. The van der Waals surface area contributed by atoms with Crippen molar-refractivity contribution in [2.24, 2.45) is 5.92 Å². The fourth-order valence-corrected chi connectivity index (χ4v) is 2.78. The highest BCUT2D eigenvalue weighted by molar-refractivity contribution is 5.73. The minimum Gasteiger partial charge on any atom is -0.485 e. The second-order valence-corrected chi connectivity index (χ2v) is 5.92. The quantitative estimate of drug-likeness (QED) is 0.862. The minimum absolute atomic E-state index is 0.0930. The van der Waals surface area contributed by atoms with E-state index in [1.165, 1.54) is 31.2 Å². The molecule has 1 atom stereocenters. The highest BCUT2D eigenvalue weighted by Gasteiger charge is 2.30. The molecule has 1 N–H and O–H groups in total. The maximum atomic E-state index is 12.9. The molecule has 1 saturated heterocycles. The van der Waals surface area contributed by atoms with Gasteiger partial charge >= 0.3 is 0 Å². The summed E-state index contributed by atoms with van der Waals surface area (Å²) in [6.07, 6.45) is 1.63. The normalized spacial score (nSPS) is 16.4. The van der Waals surface area contributed by atoms with Crippen molar-refractivity contribution in [2.75, 3.05) is 13.2 Å². The Kier molecular flexibility index (Phi) is 5.60. The summed E-state index contributed by atoms with van der Waals surface area (Å²) in [6.45, 7) is 2.85. The Hall–Kier alpha value is -2.48. The van der Waals surface area contributed by atoms with E-state index in [0.29, 0.717) is 30.7 Å². The van der Waals surface area contributed by atoms with E-state index >= 15 is 0 Å². The second kappa shape index (κ2) is 8.06. The summed E-state index contributed by atoms with van der Waals surface area (Å²) in [5, 5.41) is 6.79. The van der Waals surface area contributed by atoms with Gasteiger partial charge in [0.25, 0.3) is 0 Å². The highest BCUT2D eigenvalue weighted by atomic mass is 19.1. The lowest BCUT2D eigenvalue weighted by molar-refractivity contribution is -0.120. The maximum absolute atomic E-state index is 12.9. The summed E-state index contributed by atoms with van der Waals surface area (Å²) in [7, 11) is 0. The number of carbonyl (C=O) groups excluding carboxylic acids is 1.